The number of carboxylic acid groups (broad SMARTS) is 1. The van der Waals surface area contributed by atoms with Crippen LogP contribution in [0.1, 0.15) is 39.0 Å². The Morgan fingerprint density at radius 3 is 2.16 bits per heavy atom. The molecule has 0 aromatic heterocycles. The summed E-state index contributed by atoms with van der Waals surface area (Å²) in [6, 6.07) is -1.14. The second kappa shape index (κ2) is 27.1. The van der Waals surface area contributed by atoms with Gasteiger partial charge in [0.2, 0.25) is 29.5 Å². The highest BCUT2D eigenvalue weighted by Gasteiger charge is 2.39. The van der Waals surface area contributed by atoms with Gasteiger partial charge < -0.3 is 60.9 Å². The van der Waals surface area contributed by atoms with Crippen molar-refractivity contribution >= 4 is 53.4 Å². The SMILES string of the molecule is CCC(CO)OC(COC(=O)NCCC(=O)NCCNC(=O)CCOCCOCCNC(=O)CCN1C(=O)CC(SCC(N)C(=O)O)C1=O)OC. The maximum atomic E-state index is 12.4. The van der Waals surface area contributed by atoms with Gasteiger partial charge in [-0.05, 0) is 6.42 Å². The number of thioether (sulfide) groups is 1. The molecular weight excluding hydrogens is 700 g/mol. The van der Waals surface area contributed by atoms with E-state index in [1.54, 1.807) is 0 Å². The van der Waals surface area contributed by atoms with E-state index in [1.165, 1.54) is 7.11 Å². The van der Waals surface area contributed by atoms with E-state index in [-0.39, 0.29) is 122 Å². The molecule has 292 valence electrons. The Kier molecular flexibility index (Phi) is 24.1. The number of carbonyl (C=O) groups is 7. The van der Waals surface area contributed by atoms with E-state index in [4.69, 9.17) is 34.5 Å². The summed E-state index contributed by atoms with van der Waals surface area (Å²) < 4.78 is 26.2. The number of nitrogens with two attached hydrogens (primary N) is 1. The summed E-state index contributed by atoms with van der Waals surface area (Å²) in [5.74, 6) is -3.06. The minimum absolute atomic E-state index is 0.00278. The first-order valence-electron chi connectivity index (χ1n) is 16.5. The van der Waals surface area contributed by atoms with Gasteiger partial charge in [0, 0.05) is 71.3 Å². The standard InChI is InChI=1S/C30H52N6O14S/c1-3-20(17-37)50-27(46-2)18-49-30(45)35-7-4-23(38)32-8-9-33-25(40)6-12-47-14-15-48-13-10-34-24(39)5-11-36-26(41)16-22(28(36)42)51-19-21(31)29(43)44/h20-22,27,37H,3-19,31H2,1-2H3,(H,32,38)(H,33,40)(H,34,39)(H,35,45)(H,43,44). The fourth-order valence-electron chi connectivity index (χ4n) is 4.06. The molecule has 0 spiro atoms. The molecule has 4 unspecified atom stereocenters. The van der Waals surface area contributed by atoms with Crippen LogP contribution in [-0.2, 0) is 52.5 Å². The van der Waals surface area contributed by atoms with Crippen molar-refractivity contribution in [2.45, 2.75) is 62.7 Å². The summed E-state index contributed by atoms with van der Waals surface area (Å²) in [6.45, 7) is 2.78. The van der Waals surface area contributed by atoms with E-state index < -0.39 is 47.6 Å². The summed E-state index contributed by atoms with van der Waals surface area (Å²) in [5, 5.41) is 27.6. The number of hydrogen-bond acceptors (Lipinski definition) is 15. The van der Waals surface area contributed by atoms with E-state index >= 15 is 0 Å². The smallest absolute Gasteiger partial charge is 0.407 e. The summed E-state index contributed by atoms with van der Waals surface area (Å²) in [7, 11) is 1.38. The molecule has 0 bridgehead atoms. The van der Waals surface area contributed by atoms with Crippen molar-refractivity contribution in [1.29, 1.82) is 0 Å². The van der Waals surface area contributed by atoms with Gasteiger partial charge >= 0.3 is 12.1 Å². The van der Waals surface area contributed by atoms with Gasteiger partial charge in [0.1, 0.15) is 12.6 Å². The lowest BCUT2D eigenvalue weighted by Gasteiger charge is -2.21. The van der Waals surface area contributed by atoms with Gasteiger partial charge in [-0.1, -0.05) is 6.92 Å². The second-order valence-corrected chi connectivity index (χ2v) is 12.2. The van der Waals surface area contributed by atoms with Crippen molar-refractivity contribution in [2.75, 3.05) is 85.2 Å². The zero-order valence-electron chi connectivity index (χ0n) is 29.1. The highest BCUT2D eigenvalue weighted by atomic mass is 32.2. The third-order valence-corrected chi connectivity index (χ3v) is 8.30. The van der Waals surface area contributed by atoms with E-state index in [9.17, 15) is 38.7 Å². The molecule has 0 aliphatic carbocycles. The van der Waals surface area contributed by atoms with Crippen molar-refractivity contribution in [2.24, 2.45) is 5.73 Å². The number of amides is 6. The van der Waals surface area contributed by atoms with Gasteiger partial charge in [-0.15, -0.1) is 11.8 Å². The lowest BCUT2D eigenvalue weighted by atomic mass is 10.3. The molecule has 0 aromatic carbocycles. The largest absolute Gasteiger partial charge is 0.480 e. The van der Waals surface area contributed by atoms with Crippen LogP contribution in [0.25, 0.3) is 0 Å². The number of likely N-dealkylation sites (tertiary alicyclic amines) is 1. The van der Waals surface area contributed by atoms with Gasteiger partial charge in [0.15, 0.2) is 6.29 Å². The Hall–Kier alpha value is -3.60. The van der Waals surface area contributed by atoms with Gasteiger partial charge in [-0.2, -0.15) is 0 Å². The van der Waals surface area contributed by atoms with Crippen LogP contribution in [0, 0.1) is 0 Å². The molecule has 1 fully saturated rings. The number of ether oxygens (including phenoxy) is 5. The zero-order valence-corrected chi connectivity index (χ0v) is 29.9. The highest BCUT2D eigenvalue weighted by molar-refractivity contribution is 8.00. The summed E-state index contributed by atoms with van der Waals surface area (Å²) >= 11 is 1.01. The van der Waals surface area contributed by atoms with E-state index in [2.05, 4.69) is 21.3 Å². The highest BCUT2D eigenvalue weighted by Crippen LogP contribution is 2.25. The molecule has 4 atom stereocenters. The predicted octanol–water partition coefficient (Wildman–Crippen LogP) is -2.70. The second-order valence-electron chi connectivity index (χ2n) is 10.9. The Morgan fingerprint density at radius 1 is 0.902 bits per heavy atom. The summed E-state index contributed by atoms with van der Waals surface area (Å²) in [4.78, 5) is 84.1. The number of rotatable bonds is 29. The van der Waals surface area contributed by atoms with Crippen LogP contribution in [-0.4, -0.2) is 166 Å². The predicted molar refractivity (Wildman–Crippen MR) is 180 cm³/mol. The number of methoxy groups -OCH3 is 1. The van der Waals surface area contributed by atoms with Crippen LogP contribution in [0.2, 0.25) is 0 Å². The minimum atomic E-state index is -1.19. The van der Waals surface area contributed by atoms with Crippen LogP contribution in [0.4, 0.5) is 4.79 Å². The lowest BCUT2D eigenvalue weighted by Crippen LogP contribution is -2.37. The van der Waals surface area contributed by atoms with Gasteiger partial charge in [-0.25, -0.2) is 4.79 Å². The molecular formula is C30H52N6O14S. The molecule has 1 saturated heterocycles. The van der Waals surface area contributed by atoms with Crippen molar-refractivity contribution in [1.82, 2.24) is 26.2 Å². The number of imide groups is 1. The van der Waals surface area contributed by atoms with Gasteiger partial charge in [0.05, 0.1) is 44.4 Å². The third-order valence-electron chi connectivity index (χ3n) is 6.98. The number of nitrogens with zero attached hydrogens (tertiary/aromatic N) is 1. The monoisotopic (exact) mass is 752 g/mol. The average molecular weight is 753 g/mol. The number of aliphatic hydroxyl groups excluding tert-OH is 1. The number of carboxylic acids is 1. The number of nitrogens with one attached hydrogen (secondary N) is 4. The lowest BCUT2D eigenvalue weighted by molar-refractivity contribution is -0.181. The van der Waals surface area contributed by atoms with Gasteiger partial charge in [0.25, 0.3) is 0 Å². The molecule has 0 saturated carbocycles. The number of carbonyl (C=O) groups excluding carboxylic acids is 6. The molecule has 20 nitrogen and oxygen atoms in total. The molecule has 0 aromatic rings. The zero-order chi connectivity index (χ0) is 38.0. The van der Waals surface area contributed by atoms with Crippen LogP contribution in [0.15, 0.2) is 0 Å². The number of aliphatic carboxylic acids is 1. The minimum Gasteiger partial charge on any atom is -0.480 e. The van der Waals surface area contributed by atoms with Crippen LogP contribution < -0.4 is 27.0 Å². The molecule has 1 aliphatic rings. The Bertz CT molecular complexity index is 1120. The van der Waals surface area contributed by atoms with Gasteiger partial charge in [-0.3, -0.25) is 33.7 Å². The number of hydrogen-bond donors (Lipinski definition) is 7. The first-order valence-corrected chi connectivity index (χ1v) is 17.6. The Labute approximate surface area is 300 Å². The van der Waals surface area contributed by atoms with Crippen LogP contribution >= 0.6 is 11.8 Å². The number of aliphatic hydroxyl groups is 1. The molecule has 0 radical (unpaired) electrons. The summed E-state index contributed by atoms with van der Waals surface area (Å²) in [5.41, 5.74) is 5.44. The maximum Gasteiger partial charge on any atom is 0.407 e. The topological polar surface area (TPSA) is 283 Å². The van der Waals surface area contributed by atoms with Crippen molar-refractivity contribution < 1.29 is 67.5 Å². The molecule has 6 amide bonds. The fraction of sp³-hybridized carbons (Fsp3) is 0.767. The third kappa shape index (κ3) is 20.7. The molecule has 21 heteroatoms. The van der Waals surface area contributed by atoms with Crippen molar-refractivity contribution in [3.05, 3.63) is 0 Å². The van der Waals surface area contributed by atoms with E-state index in [0.717, 1.165) is 16.7 Å². The van der Waals surface area contributed by atoms with Crippen LogP contribution in [0.3, 0.4) is 0 Å². The number of alkyl carbamates (subject to hydrolysis) is 1. The van der Waals surface area contributed by atoms with E-state index in [0.29, 0.717) is 6.42 Å². The fourth-order valence-corrected chi connectivity index (χ4v) is 5.17. The molecule has 1 aliphatic heterocycles. The normalized spacial score (nSPS) is 15.9. The van der Waals surface area contributed by atoms with Crippen LogP contribution in [0.5, 0.6) is 0 Å². The van der Waals surface area contributed by atoms with Crippen molar-refractivity contribution in [3.63, 3.8) is 0 Å². The quantitative estimate of drug-likeness (QED) is 0.0232. The maximum absolute atomic E-state index is 12.4. The Morgan fingerprint density at radius 2 is 1.53 bits per heavy atom. The molecule has 1 heterocycles. The summed E-state index contributed by atoms with van der Waals surface area (Å²) in [6.07, 6.45) is -1.53. The van der Waals surface area contributed by atoms with Crippen molar-refractivity contribution in [3.8, 4) is 0 Å². The first-order chi connectivity index (χ1) is 24.4. The average Bonchev–Trinajstić information content (AvgIpc) is 3.38. The van der Waals surface area contributed by atoms with E-state index in [1.807, 2.05) is 6.92 Å². The molecule has 8 N–H and O–H groups in total. The molecule has 1 rings (SSSR count). The first kappa shape index (κ1) is 45.4. The molecule has 51 heavy (non-hydrogen) atoms. The Balaban J connectivity index is 1.99.